The molecule has 0 aromatic heterocycles. The largest absolute Gasteiger partial charge is 0.353 e. The van der Waals surface area contributed by atoms with Crippen LogP contribution < -0.4 is 0 Å². The van der Waals surface area contributed by atoms with E-state index in [-0.39, 0.29) is 0 Å². The summed E-state index contributed by atoms with van der Waals surface area (Å²) in [6.07, 6.45) is 14.8. The van der Waals surface area contributed by atoms with Gasteiger partial charge in [0.05, 0.1) is 0 Å². The Balaban J connectivity index is 2.19. The second kappa shape index (κ2) is 11.3. The summed E-state index contributed by atoms with van der Waals surface area (Å²) in [6.45, 7) is 12.1. The molecule has 0 aromatic carbocycles. The molecule has 7 atom stereocenters. The lowest BCUT2D eigenvalue weighted by molar-refractivity contribution is -0.289. The molecule has 2 nitrogen and oxygen atoms in total. The van der Waals surface area contributed by atoms with Crippen molar-refractivity contribution in [1.29, 1.82) is 0 Å². The molecule has 0 aliphatic heterocycles. The van der Waals surface area contributed by atoms with Crippen molar-refractivity contribution in [2.45, 2.75) is 111 Å². The highest BCUT2D eigenvalue weighted by molar-refractivity contribution is 4.99. The molecule has 2 aliphatic rings. The zero-order chi connectivity index (χ0) is 20.7. The van der Waals surface area contributed by atoms with Crippen molar-refractivity contribution < 1.29 is 9.47 Å². The van der Waals surface area contributed by atoms with E-state index in [0.717, 1.165) is 23.7 Å². The van der Waals surface area contributed by atoms with Crippen LogP contribution >= 0.6 is 0 Å². The fraction of sp³-hybridized carbons (Fsp3) is 1.00. The van der Waals surface area contributed by atoms with Crippen molar-refractivity contribution in [3.05, 3.63) is 0 Å². The number of hydrogen-bond acceptors (Lipinski definition) is 2. The monoisotopic (exact) mass is 394 g/mol. The Bertz CT molecular complexity index is 430. The second-order valence-corrected chi connectivity index (χ2v) is 10.4. The molecular weight excluding hydrogens is 344 g/mol. The number of ether oxygens (including phenoxy) is 2. The van der Waals surface area contributed by atoms with Crippen LogP contribution in [0.15, 0.2) is 0 Å². The lowest BCUT2D eigenvalue weighted by Crippen LogP contribution is -2.53. The lowest BCUT2D eigenvalue weighted by Gasteiger charge is -2.48. The lowest BCUT2D eigenvalue weighted by atomic mass is 9.69. The van der Waals surface area contributed by atoms with Crippen LogP contribution in [0.2, 0.25) is 0 Å². The van der Waals surface area contributed by atoms with Crippen molar-refractivity contribution in [2.24, 2.45) is 41.4 Å². The first-order valence-corrected chi connectivity index (χ1v) is 12.5. The molecule has 0 amide bonds. The summed E-state index contributed by atoms with van der Waals surface area (Å²) in [5.74, 6) is 4.50. The third kappa shape index (κ3) is 5.15. The van der Waals surface area contributed by atoms with Gasteiger partial charge in [0.15, 0.2) is 5.79 Å². The van der Waals surface area contributed by atoms with Crippen LogP contribution in [-0.2, 0) is 9.47 Å². The Morgan fingerprint density at radius 2 is 1.32 bits per heavy atom. The Morgan fingerprint density at radius 1 is 0.750 bits per heavy atom. The molecule has 7 unspecified atom stereocenters. The third-order valence-corrected chi connectivity index (χ3v) is 9.05. The number of unbranched alkanes of at least 4 members (excludes halogenated alkanes) is 5. The van der Waals surface area contributed by atoms with Gasteiger partial charge < -0.3 is 9.47 Å². The van der Waals surface area contributed by atoms with Crippen LogP contribution in [0.3, 0.4) is 0 Å². The van der Waals surface area contributed by atoms with Gasteiger partial charge in [-0.3, -0.25) is 0 Å². The Morgan fingerprint density at radius 3 is 1.82 bits per heavy atom. The Hall–Kier alpha value is -0.0800. The van der Waals surface area contributed by atoms with E-state index in [4.69, 9.17) is 9.47 Å². The van der Waals surface area contributed by atoms with E-state index in [1.54, 1.807) is 0 Å². The van der Waals surface area contributed by atoms with Crippen molar-refractivity contribution in [3.63, 3.8) is 0 Å². The molecule has 0 heterocycles. The molecule has 0 N–H and O–H groups in total. The van der Waals surface area contributed by atoms with Crippen LogP contribution in [0.1, 0.15) is 105 Å². The molecule has 2 fully saturated rings. The maximum absolute atomic E-state index is 6.42. The second-order valence-electron chi connectivity index (χ2n) is 10.4. The normalized spacial score (nSPS) is 34.8. The van der Waals surface area contributed by atoms with E-state index in [0.29, 0.717) is 17.8 Å². The number of methoxy groups -OCH3 is 2. The van der Waals surface area contributed by atoms with Gasteiger partial charge in [-0.05, 0) is 55.3 Å². The van der Waals surface area contributed by atoms with Gasteiger partial charge in [0, 0.05) is 26.1 Å². The Kier molecular flexibility index (Phi) is 9.81. The van der Waals surface area contributed by atoms with Gasteiger partial charge >= 0.3 is 0 Å². The zero-order valence-corrected chi connectivity index (χ0v) is 20.1. The van der Waals surface area contributed by atoms with Crippen LogP contribution in [-0.4, -0.2) is 20.0 Å². The fourth-order valence-electron chi connectivity index (χ4n) is 6.73. The average molecular weight is 395 g/mol. The van der Waals surface area contributed by atoms with Crippen molar-refractivity contribution in [1.82, 2.24) is 0 Å². The van der Waals surface area contributed by atoms with Gasteiger partial charge in [-0.25, -0.2) is 0 Å². The summed E-state index contributed by atoms with van der Waals surface area (Å²) >= 11 is 0. The molecule has 0 saturated heterocycles. The smallest absolute Gasteiger partial charge is 0.173 e. The minimum Gasteiger partial charge on any atom is -0.353 e. The summed E-state index contributed by atoms with van der Waals surface area (Å²) in [7, 11) is 3.85. The first-order valence-electron chi connectivity index (χ1n) is 12.5. The van der Waals surface area contributed by atoms with Gasteiger partial charge in [-0.2, -0.15) is 0 Å². The molecule has 166 valence electrons. The highest BCUT2D eigenvalue weighted by atomic mass is 16.7. The minimum absolute atomic E-state index is 0.392. The van der Waals surface area contributed by atoms with Crippen molar-refractivity contribution in [3.8, 4) is 0 Å². The molecule has 0 radical (unpaired) electrons. The Labute approximate surface area is 176 Å². The van der Waals surface area contributed by atoms with Crippen LogP contribution in [0.25, 0.3) is 0 Å². The molecule has 0 aromatic rings. The van der Waals surface area contributed by atoms with E-state index >= 15 is 0 Å². The van der Waals surface area contributed by atoms with Gasteiger partial charge in [0.2, 0.25) is 0 Å². The van der Waals surface area contributed by atoms with Crippen LogP contribution in [0.4, 0.5) is 0 Å². The van der Waals surface area contributed by atoms with Crippen molar-refractivity contribution >= 4 is 0 Å². The van der Waals surface area contributed by atoms with Crippen LogP contribution in [0, 0.1) is 41.4 Å². The molecule has 2 aliphatic carbocycles. The molecule has 28 heavy (non-hydrogen) atoms. The molecule has 0 bridgehead atoms. The molecule has 0 spiro atoms. The number of hydrogen-bond donors (Lipinski definition) is 0. The maximum atomic E-state index is 6.42. The van der Waals surface area contributed by atoms with Crippen LogP contribution in [0.5, 0.6) is 0 Å². The SMILES string of the molecule is CCCCCCCCC(C1CCC(C)C1C)C(OC)(OC)C1CCC(C)C1C. The molecule has 2 rings (SSSR count). The van der Waals surface area contributed by atoms with E-state index in [2.05, 4.69) is 34.6 Å². The highest BCUT2D eigenvalue weighted by Gasteiger charge is 2.55. The quantitative estimate of drug-likeness (QED) is 0.249. The predicted molar refractivity (Wildman–Crippen MR) is 120 cm³/mol. The third-order valence-electron chi connectivity index (χ3n) is 9.05. The molecule has 2 heteroatoms. The van der Waals surface area contributed by atoms with Crippen molar-refractivity contribution in [2.75, 3.05) is 14.2 Å². The number of rotatable bonds is 12. The van der Waals surface area contributed by atoms with Gasteiger partial charge in [0.1, 0.15) is 0 Å². The maximum Gasteiger partial charge on any atom is 0.173 e. The summed E-state index contributed by atoms with van der Waals surface area (Å²) in [4.78, 5) is 0. The highest BCUT2D eigenvalue weighted by Crippen LogP contribution is 2.54. The molecule has 2 saturated carbocycles. The minimum atomic E-state index is -0.392. The predicted octanol–water partition coefficient (Wildman–Crippen LogP) is 7.71. The average Bonchev–Trinajstić information content (AvgIpc) is 3.20. The van der Waals surface area contributed by atoms with E-state index in [1.165, 1.54) is 70.6 Å². The summed E-state index contributed by atoms with van der Waals surface area (Å²) in [6, 6.07) is 0. The van der Waals surface area contributed by atoms with E-state index < -0.39 is 5.79 Å². The standard InChI is InChI=1S/C26H50O2/c1-8-9-10-11-12-13-14-25(23-17-15-19(2)21(23)4)26(27-6,28-7)24-18-16-20(3)22(24)5/h19-25H,8-18H2,1-7H3. The summed E-state index contributed by atoms with van der Waals surface area (Å²) in [5, 5.41) is 0. The van der Waals surface area contributed by atoms with Gasteiger partial charge in [-0.1, -0.05) is 79.6 Å². The molecular formula is C26H50O2. The summed E-state index contributed by atoms with van der Waals surface area (Å²) in [5.41, 5.74) is 0. The van der Waals surface area contributed by atoms with E-state index in [9.17, 15) is 0 Å². The van der Waals surface area contributed by atoms with Gasteiger partial charge in [-0.15, -0.1) is 0 Å². The topological polar surface area (TPSA) is 18.5 Å². The zero-order valence-electron chi connectivity index (χ0n) is 20.1. The van der Waals surface area contributed by atoms with Gasteiger partial charge in [0.25, 0.3) is 0 Å². The first-order chi connectivity index (χ1) is 13.4. The first kappa shape index (κ1) is 24.2. The van der Waals surface area contributed by atoms with E-state index in [1.807, 2.05) is 14.2 Å². The fourth-order valence-corrected chi connectivity index (χ4v) is 6.73. The summed E-state index contributed by atoms with van der Waals surface area (Å²) < 4.78 is 12.8.